The molecule has 2 aromatic rings. The summed E-state index contributed by atoms with van der Waals surface area (Å²) in [5, 5.41) is 36.3. The first kappa shape index (κ1) is 27.7. The third-order valence-electron chi connectivity index (χ3n) is 6.11. The smallest absolute Gasteiger partial charge is 0.250 e. The summed E-state index contributed by atoms with van der Waals surface area (Å²) >= 11 is 0. The fraction of sp³-hybridized carbons (Fsp3) is 0.500. The Morgan fingerprint density at radius 2 is 0.750 bits per heavy atom. The highest BCUT2D eigenvalue weighted by molar-refractivity contribution is 6.75. The van der Waals surface area contributed by atoms with Crippen molar-refractivity contribution >= 4 is 16.6 Å². The van der Waals surface area contributed by atoms with Crippen LogP contribution in [0.4, 0.5) is 0 Å². The molecule has 0 aliphatic heterocycles. The molecule has 0 aliphatic rings. The van der Waals surface area contributed by atoms with Crippen molar-refractivity contribution in [3.8, 4) is 34.5 Å². The maximum Gasteiger partial charge on any atom is 0.250 e. The first-order valence-electron chi connectivity index (χ1n) is 10.7. The van der Waals surface area contributed by atoms with Crippen LogP contribution >= 0.6 is 0 Å². The highest BCUT2D eigenvalue weighted by Gasteiger charge is 2.40. The molecule has 0 aliphatic carbocycles. The molecule has 0 saturated carbocycles. The zero-order chi connectivity index (χ0) is 25.1. The molecule has 0 radical (unpaired) electrons. The number of hydrogen-bond acceptors (Lipinski definition) is 6. The second kappa shape index (κ2) is 9.66. The normalized spacial score (nSPS) is 12.6. The zero-order valence-electron chi connectivity index (χ0n) is 21.1. The van der Waals surface area contributed by atoms with E-state index in [1.165, 1.54) is 0 Å². The van der Waals surface area contributed by atoms with Crippen LogP contribution in [0.2, 0.25) is 36.3 Å². The van der Waals surface area contributed by atoms with Crippen LogP contribution in [0.15, 0.2) is 36.4 Å². The van der Waals surface area contributed by atoms with Crippen LogP contribution in [0.3, 0.4) is 0 Å². The van der Waals surface area contributed by atoms with E-state index in [-0.39, 0.29) is 33.1 Å². The molecule has 2 rings (SSSR count). The molecule has 8 heteroatoms. The second-order valence-corrected chi connectivity index (χ2v) is 20.5. The lowest BCUT2D eigenvalue weighted by atomic mass is 10.2. The van der Waals surface area contributed by atoms with Crippen molar-refractivity contribution in [2.45, 2.75) is 77.8 Å². The Labute approximate surface area is 194 Å². The summed E-state index contributed by atoms with van der Waals surface area (Å²) < 4.78 is 12.6. The van der Waals surface area contributed by atoms with Crippen molar-refractivity contribution in [2.75, 3.05) is 0 Å². The lowest BCUT2D eigenvalue weighted by molar-refractivity contribution is 0.428. The predicted molar refractivity (Wildman–Crippen MR) is 135 cm³/mol. The Balaban J connectivity index is 0.000000471. The lowest BCUT2D eigenvalue weighted by Gasteiger charge is -2.38. The van der Waals surface area contributed by atoms with E-state index < -0.39 is 16.6 Å². The van der Waals surface area contributed by atoms with Crippen molar-refractivity contribution in [1.29, 1.82) is 0 Å². The average Bonchev–Trinajstić information content (AvgIpc) is 2.50. The van der Waals surface area contributed by atoms with Gasteiger partial charge in [-0.3, -0.25) is 0 Å². The van der Waals surface area contributed by atoms with Crippen LogP contribution < -0.4 is 8.85 Å². The minimum atomic E-state index is -1.94. The van der Waals surface area contributed by atoms with Gasteiger partial charge in [-0.15, -0.1) is 0 Å². The Morgan fingerprint density at radius 3 is 1.00 bits per heavy atom. The fourth-order valence-corrected chi connectivity index (χ4v) is 4.18. The molecule has 0 saturated heterocycles. The Hall–Kier alpha value is -2.33. The van der Waals surface area contributed by atoms with Gasteiger partial charge in [0.05, 0.1) is 0 Å². The van der Waals surface area contributed by atoms with Crippen LogP contribution in [0.25, 0.3) is 0 Å². The lowest BCUT2D eigenvalue weighted by Crippen LogP contribution is -2.44. The Bertz CT molecular complexity index is 815. The fourth-order valence-electron chi connectivity index (χ4n) is 2.15. The third-order valence-corrected chi connectivity index (χ3v) is 14.8. The van der Waals surface area contributed by atoms with Crippen LogP contribution in [0.1, 0.15) is 41.5 Å². The Morgan fingerprint density at radius 1 is 0.500 bits per heavy atom. The van der Waals surface area contributed by atoms with E-state index in [1.54, 1.807) is 12.1 Å². The molecule has 0 aromatic heterocycles. The van der Waals surface area contributed by atoms with Gasteiger partial charge in [-0.2, -0.15) is 0 Å². The van der Waals surface area contributed by atoms with Crippen molar-refractivity contribution in [3.05, 3.63) is 36.4 Å². The maximum absolute atomic E-state index is 10.1. The van der Waals surface area contributed by atoms with E-state index in [4.69, 9.17) is 24.2 Å². The number of benzene rings is 2. The van der Waals surface area contributed by atoms with Gasteiger partial charge in [0.25, 0.3) is 0 Å². The van der Waals surface area contributed by atoms with Crippen molar-refractivity contribution in [1.82, 2.24) is 0 Å². The molecule has 0 heterocycles. The monoisotopic (exact) mass is 480 g/mol. The molecule has 0 spiro atoms. The number of hydrogen-bond donors (Lipinski definition) is 4. The Kier molecular flexibility index (Phi) is 8.37. The molecule has 2 aromatic carbocycles. The molecule has 4 N–H and O–H groups in total. The van der Waals surface area contributed by atoms with E-state index in [0.29, 0.717) is 11.5 Å². The molecule has 0 amide bonds. The minimum absolute atomic E-state index is 0.110. The topological polar surface area (TPSA) is 99.4 Å². The number of phenolic OH excluding ortho intramolecular Hbond substituents is 4. The van der Waals surface area contributed by atoms with Gasteiger partial charge in [-0.05, 0) is 36.3 Å². The summed E-state index contributed by atoms with van der Waals surface area (Å²) in [6.07, 6.45) is 0. The SMILES string of the molecule is CC(C)(C)[Si](C)(C)Oc1cc(O)cc(O[Si](C)(C)C(C)(C)C)c1.Oc1cc(O)cc(O)c1. The first-order valence-corrected chi connectivity index (χ1v) is 16.5. The third kappa shape index (κ3) is 7.98. The predicted octanol–water partition coefficient (Wildman–Crippen LogP) is 6.96. The largest absolute Gasteiger partial charge is 0.543 e. The minimum Gasteiger partial charge on any atom is -0.543 e. The van der Waals surface area contributed by atoms with Gasteiger partial charge in [0.15, 0.2) is 0 Å². The quantitative estimate of drug-likeness (QED) is 0.353. The number of rotatable bonds is 4. The molecule has 0 atom stereocenters. The summed E-state index contributed by atoms with van der Waals surface area (Å²) in [4.78, 5) is 0. The van der Waals surface area contributed by atoms with Gasteiger partial charge < -0.3 is 29.3 Å². The average molecular weight is 481 g/mol. The van der Waals surface area contributed by atoms with Crippen molar-refractivity contribution in [2.24, 2.45) is 0 Å². The van der Waals surface area contributed by atoms with E-state index in [0.717, 1.165) is 18.2 Å². The summed E-state index contributed by atoms with van der Waals surface area (Å²) in [5.74, 6) is 1.15. The van der Waals surface area contributed by atoms with E-state index in [9.17, 15) is 5.11 Å². The molecular formula is C24H40O6Si2. The molecule has 0 bridgehead atoms. The van der Waals surface area contributed by atoms with Crippen LogP contribution in [-0.2, 0) is 0 Å². The van der Waals surface area contributed by atoms with Gasteiger partial charge in [-0.25, -0.2) is 0 Å². The van der Waals surface area contributed by atoms with Crippen LogP contribution in [0, 0.1) is 0 Å². The van der Waals surface area contributed by atoms with Gasteiger partial charge in [0.1, 0.15) is 34.5 Å². The van der Waals surface area contributed by atoms with Crippen LogP contribution in [-0.4, -0.2) is 37.1 Å². The van der Waals surface area contributed by atoms with Crippen molar-refractivity contribution < 1.29 is 29.3 Å². The van der Waals surface area contributed by atoms with E-state index in [2.05, 4.69) is 67.7 Å². The molecule has 0 unspecified atom stereocenters. The van der Waals surface area contributed by atoms with Gasteiger partial charge in [0.2, 0.25) is 16.6 Å². The van der Waals surface area contributed by atoms with Crippen LogP contribution in [0.5, 0.6) is 34.5 Å². The van der Waals surface area contributed by atoms with E-state index in [1.807, 2.05) is 6.07 Å². The number of aromatic hydroxyl groups is 4. The van der Waals surface area contributed by atoms with Gasteiger partial charge in [0, 0.05) is 36.4 Å². The summed E-state index contributed by atoms with van der Waals surface area (Å²) in [5.41, 5.74) is 0. The molecule has 32 heavy (non-hydrogen) atoms. The van der Waals surface area contributed by atoms with Gasteiger partial charge >= 0.3 is 0 Å². The standard InChI is InChI=1S/C18H34O3Si2.C6H6O3/c1-17(2,3)22(7,8)20-15-11-14(19)12-16(13-15)21-23(9,10)18(4,5)6;7-4-1-5(8)3-6(9)2-4/h11-13,19H,1-10H3;1-3,7-9H. The molecule has 0 fully saturated rings. The summed E-state index contributed by atoms with van der Waals surface area (Å²) in [7, 11) is -3.88. The first-order chi connectivity index (χ1) is 14.2. The highest BCUT2D eigenvalue weighted by atomic mass is 28.4. The summed E-state index contributed by atoms with van der Waals surface area (Å²) in [6.45, 7) is 22.0. The number of phenols is 4. The van der Waals surface area contributed by atoms with E-state index >= 15 is 0 Å². The summed E-state index contributed by atoms with van der Waals surface area (Å²) in [6, 6.07) is 8.69. The van der Waals surface area contributed by atoms with Crippen molar-refractivity contribution in [3.63, 3.8) is 0 Å². The zero-order valence-corrected chi connectivity index (χ0v) is 23.1. The highest BCUT2D eigenvalue weighted by Crippen LogP contribution is 2.41. The maximum atomic E-state index is 10.1. The second-order valence-electron chi connectivity index (χ2n) is 11.1. The molecule has 6 nitrogen and oxygen atoms in total. The van der Waals surface area contributed by atoms with Gasteiger partial charge in [-0.1, -0.05) is 41.5 Å². The molecule has 180 valence electrons. The molecular weight excluding hydrogens is 440 g/mol.